The van der Waals surface area contributed by atoms with Gasteiger partial charge in [-0.05, 0) is 62.9 Å². The number of benzene rings is 2. The van der Waals surface area contributed by atoms with Crippen molar-refractivity contribution in [2.24, 2.45) is 11.7 Å². The van der Waals surface area contributed by atoms with Crippen LogP contribution in [0.15, 0.2) is 48.5 Å². The molecule has 190 valence electrons. The molecular formula is C27H34F3N3O2. The van der Waals surface area contributed by atoms with E-state index < -0.39 is 17.8 Å². The van der Waals surface area contributed by atoms with Gasteiger partial charge in [-0.2, -0.15) is 13.2 Å². The van der Waals surface area contributed by atoms with Crippen molar-refractivity contribution in [3.05, 3.63) is 65.2 Å². The molecule has 0 bridgehead atoms. The fraction of sp³-hybridized carbons (Fsp3) is 0.519. The third-order valence-electron chi connectivity index (χ3n) is 7.12. The Morgan fingerprint density at radius 2 is 1.91 bits per heavy atom. The van der Waals surface area contributed by atoms with E-state index in [9.17, 15) is 18.0 Å². The Kier molecular flexibility index (Phi) is 8.02. The van der Waals surface area contributed by atoms with E-state index in [0.29, 0.717) is 37.3 Å². The highest BCUT2D eigenvalue weighted by Gasteiger charge is 2.42. The lowest BCUT2D eigenvalue weighted by atomic mass is 9.79. The molecule has 0 unspecified atom stereocenters. The molecule has 2 aliphatic rings. The molecule has 2 aromatic carbocycles. The number of rotatable bonds is 8. The van der Waals surface area contributed by atoms with Gasteiger partial charge >= 0.3 is 6.18 Å². The highest BCUT2D eigenvalue weighted by Crippen LogP contribution is 2.47. The number of carbonyl (C=O) groups is 1. The van der Waals surface area contributed by atoms with E-state index >= 15 is 0 Å². The minimum atomic E-state index is -4.41. The quantitative estimate of drug-likeness (QED) is 0.503. The summed E-state index contributed by atoms with van der Waals surface area (Å²) in [5.41, 5.74) is 7.18. The maximum Gasteiger partial charge on any atom is 0.416 e. The molecule has 0 aliphatic carbocycles. The minimum Gasteiger partial charge on any atom is -0.382 e. The van der Waals surface area contributed by atoms with Crippen molar-refractivity contribution in [3.63, 3.8) is 0 Å². The van der Waals surface area contributed by atoms with Crippen molar-refractivity contribution < 1.29 is 22.7 Å². The second-order valence-corrected chi connectivity index (χ2v) is 9.65. The number of halogens is 3. The lowest BCUT2D eigenvalue weighted by Gasteiger charge is -2.45. The molecule has 2 heterocycles. The highest BCUT2D eigenvalue weighted by atomic mass is 19.4. The van der Waals surface area contributed by atoms with Crippen LogP contribution in [0.2, 0.25) is 0 Å². The number of ether oxygens (including phenoxy) is 1. The van der Waals surface area contributed by atoms with E-state index in [4.69, 9.17) is 10.5 Å². The summed E-state index contributed by atoms with van der Waals surface area (Å²) in [5, 5.41) is 3.35. The summed E-state index contributed by atoms with van der Waals surface area (Å²) in [4.78, 5) is 15.0. The average Bonchev–Trinajstić information content (AvgIpc) is 2.83. The minimum absolute atomic E-state index is 0.0254. The largest absolute Gasteiger partial charge is 0.416 e. The molecular weight excluding hydrogens is 455 g/mol. The molecule has 1 fully saturated rings. The van der Waals surface area contributed by atoms with Crippen molar-refractivity contribution in [3.8, 4) is 0 Å². The van der Waals surface area contributed by atoms with Crippen LogP contribution in [0.4, 0.5) is 18.9 Å². The molecule has 35 heavy (non-hydrogen) atoms. The number of nitrogens with zero attached hydrogens (tertiary/aromatic N) is 1. The smallest absolute Gasteiger partial charge is 0.382 e. The van der Waals surface area contributed by atoms with Crippen molar-refractivity contribution in [2.45, 2.75) is 63.5 Å². The van der Waals surface area contributed by atoms with Gasteiger partial charge in [0.05, 0.1) is 24.2 Å². The Hall–Kier alpha value is -2.58. The van der Waals surface area contributed by atoms with Crippen molar-refractivity contribution in [2.75, 3.05) is 25.0 Å². The number of anilines is 1. The van der Waals surface area contributed by atoms with Crippen LogP contribution in [0.1, 0.15) is 55.4 Å². The number of alkyl halides is 3. The van der Waals surface area contributed by atoms with Gasteiger partial charge in [0.15, 0.2) is 0 Å². The molecule has 5 nitrogen and oxygen atoms in total. The Bertz CT molecular complexity index is 999. The average molecular weight is 490 g/mol. The van der Waals surface area contributed by atoms with Gasteiger partial charge in [-0.15, -0.1) is 0 Å². The van der Waals surface area contributed by atoms with E-state index in [2.05, 4.69) is 5.32 Å². The molecule has 0 aromatic heterocycles. The second kappa shape index (κ2) is 11.0. The zero-order valence-electron chi connectivity index (χ0n) is 20.1. The maximum absolute atomic E-state index is 13.4. The summed E-state index contributed by atoms with van der Waals surface area (Å²) in [7, 11) is 0. The van der Waals surface area contributed by atoms with Crippen molar-refractivity contribution in [1.82, 2.24) is 4.90 Å². The first-order valence-corrected chi connectivity index (χ1v) is 12.4. The molecule has 0 radical (unpaired) electrons. The van der Waals surface area contributed by atoms with Crippen LogP contribution in [0.5, 0.6) is 0 Å². The normalized spacial score (nSPS) is 23.7. The first kappa shape index (κ1) is 25.5. The van der Waals surface area contributed by atoms with Gasteiger partial charge in [-0.25, -0.2) is 0 Å². The van der Waals surface area contributed by atoms with Crippen LogP contribution in [0.25, 0.3) is 0 Å². The topological polar surface area (TPSA) is 67.6 Å². The van der Waals surface area contributed by atoms with Crippen LogP contribution < -0.4 is 11.1 Å². The standard InChI is InChI=1S/C27H34F3N3O2/c1-18-22-11-10-21(35-26(22)23-16-20(27(28,29)30)9-12-24(23)32-18)17-33(14-6-5-13-31)25(34)15-19-7-3-2-4-8-19/h2-4,7-9,12,16,18,21-22,26,32H,5-6,10-11,13-15,17,31H2,1H3/t18-,21+,22-,26-/m0/s1. The van der Waals surface area contributed by atoms with Gasteiger partial charge in [0.2, 0.25) is 5.91 Å². The third-order valence-corrected chi connectivity index (χ3v) is 7.12. The van der Waals surface area contributed by atoms with E-state index in [-0.39, 0.29) is 24.0 Å². The zero-order chi connectivity index (χ0) is 25.0. The lowest BCUT2D eigenvalue weighted by molar-refractivity contribution is -0.140. The molecule has 2 aromatic rings. The summed E-state index contributed by atoms with van der Waals surface area (Å²) in [6.45, 7) is 3.62. The molecule has 0 saturated carbocycles. The number of amides is 1. The van der Waals surface area contributed by atoms with Crippen molar-refractivity contribution in [1.29, 1.82) is 0 Å². The SMILES string of the molecule is C[C@@H]1Nc2ccc(C(F)(F)F)cc2[C@H]2O[C@@H](CN(CCCCN)C(=O)Cc3ccccc3)CC[C@@H]12. The number of unbranched alkanes of at least 4 members (excludes halogenated alkanes) is 1. The molecule has 0 spiro atoms. The van der Waals surface area contributed by atoms with Gasteiger partial charge < -0.3 is 20.7 Å². The van der Waals surface area contributed by atoms with Crippen molar-refractivity contribution >= 4 is 11.6 Å². The molecule has 2 aliphatic heterocycles. The van der Waals surface area contributed by atoms with Gasteiger partial charge in [-0.1, -0.05) is 30.3 Å². The summed E-state index contributed by atoms with van der Waals surface area (Å²) < 4.78 is 46.7. The number of hydrogen-bond donors (Lipinski definition) is 2. The fourth-order valence-corrected chi connectivity index (χ4v) is 5.21. The molecule has 3 N–H and O–H groups in total. The van der Waals surface area contributed by atoms with Crippen LogP contribution in [-0.2, 0) is 22.1 Å². The first-order valence-electron chi connectivity index (χ1n) is 12.4. The Balaban J connectivity index is 1.51. The summed E-state index contributed by atoms with van der Waals surface area (Å²) >= 11 is 0. The lowest BCUT2D eigenvalue weighted by Crippen LogP contribution is -2.46. The van der Waals surface area contributed by atoms with E-state index in [1.165, 1.54) is 12.1 Å². The monoisotopic (exact) mass is 489 g/mol. The van der Waals surface area contributed by atoms with Crippen LogP contribution >= 0.6 is 0 Å². The van der Waals surface area contributed by atoms with Crippen LogP contribution in [-0.4, -0.2) is 42.6 Å². The predicted molar refractivity (Wildman–Crippen MR) is 130 cm³/mol. The van der Waals surface area contributed by atoms with Gasteiger partial charge in [-0.3, -0.25) is 4.79 Å². The molecule has 4 rings (SSSR count). The van der Waals surface area contributed by atoms with Gasteiger partial charge in [0.25, 0.3) is 0 Å². The number of hydrogen-bond acceptors (Lipinski definition) is 4. The van der Waals surface area contributed by atoms with E-state index in [1.54, 1.807) is 0 Å². The number of fused-ring (bicyclic) bond motifs is 3. The number of carbonyl (C=O) groups excluding carboxylic acids is 1. The van der Waals surface area contributed by atoms with E-state index in [0.717, 1.165) is 37.3 Å². The van der Waals surface area contributed by atoms with Gasteiger partial charge in [0, 0.05) is 36.3 Å². The van der Waals surface area contributed by atoms with Crippen LogP contribution in [0, 0.1) is 5.92 Å². The summed E-state index contributed by atoms with van der Waals surface area (Å²) in [6.07, 6.45) is -1.57. The maximum atomic E-state index is 13.4. The summed E-state index contributed by atoms with van der Waals surface area (Å²) in [5.74, 6) is 0.102. The molecule has 1 amide bonds. The Morgan fingerprint density at radius 1 is 1.14 bits per heavy atom. The molecule has 1 saturated heterocycles. The summed E-state index contributed by atoms with van der Waals surface area (Å²) in [6, 6.07) is 13.5. The first-order chi connectivity index (χ1) is 16.8. The predicted octanol–water partition coefficient (Wildman–Crippen LogP) is 5.17. The fourth-order valence-electron chi connectivity index (χ4n) is 5.21. The van der Waals surface area contributed by atoms with Gasteiger partial charge in [0.1, 0.15) is 0 Å². The number of nitrogens with one attached hydrogen (secondary N) is 1. The number of nitrogens with two attached hydrogens (primary N) is 1. The molecule has 8 heteroatoms. The zero-order valence-corrected chi connectivity index (χ0v) is 20.1. The molecule has 4 atom stereocenters. The Labute approximate surface area is 204 Å². The second-order valence-electron chi connectivity index (χ2n) is 9.65. The van der Waals surface area contributed by atoms with Crippen LogP contribution in [0.3, 0.4) is 0 Å². The van der Waals surface area contributed by atoms with E-state index in [1.807, 2.05) is 42.2 Å². The highest BCUT2D eigenvalue weighted by molar-refractivity contribution is 5.78. The Morgan fingerprint density at radius 3 is 2.63 bits per heavy atom. The third kappa shape index (κ3) is 6.16.